The van der Waals surface area contributed by atoms with Crippen LogP contribution in [0.15, 0.2) is 66.9 Å². The summed E-state index contributed by atoms with van der Waals surface area (Å²) in [5.74, 6) is -1.00. The van der Waals surface area contributed by atoms with Gasteiger partial charge in [0.15, 0.2) is 0 Å². The van der Waals surface area contributed by atoms with E-state index in [4.69, 9.17) is 5.73 Å². The number of fused-ring (bicyclic) bond motifs is 2. The van der Waals surface area contributed by atoms with Crippen LogP contribution in [0.25, 0.3) is 22.0 Å². The highest BCUT2D eigenvalue weighted by Gasteiger charge is 2.44. The molecule has 1 unspecified atom stereocenters. The van der Waals surface area contributed by atoms with E-state index in [1.807, 2.05) is 18.2 Å². The highest BCUT2D eigenvalue weighted by Crippen LogP contribution is 2.34. The molecule has 1 atom stereocenters. The molecule has 4 N–H and O–H groups in total. The van der Waals surface area contributed by atoms with Crippen molar-refractivity contribution < 1.29 is 24.3 Å². The number of hydrogen-bond acceptors (Lipinski definition) is 9. The minimum atomic E-state index is -0.959. The minimum absolute atomic E-state index is 0.103. The van der Waals surface area contributed by atoms with E-state index in [1.165, 1.54) is 34.9 Å². The van der Waals surface area contributed by atoms with Crippen molar-refractivity contribution in [3.05, 3.63) is 83.6 Å². The summed E-state index contributed by atoms with van der Waals surface area (Å²) in [5.41, 5.74) is 12.2. The monoisotopic (exact) mass is 717 g/mol. The number of anilines is 1. The Kier molecular flexibility index (Phi) is 9.76. The lowest BCUT2D eigenvalue weighted by molar-refractivity contribution is -0.136. The van der Waals surface area contributed by atoms with E-state index >= 15 is 0 Å². The second-order valence-corrected chi connectivity index (χ2v) is 15.0. The van der Waals surface area contributed by atoms with Crippen LogP contribution in [0, 0.1) is 5.92 Å². The minimum Gasteiger partial charge on any atom is -0.508 e. The molecule has 0 saturated carbocycles. The van der Waals surface area contributed by atoms with Crippen LogP contribution in [0.4, 0.5) is 5.69 Å². The number of nitrogens with one attached hydrogen (secondary N) is 1. The fraction of sp³-hybridized carbons (Fsp3) is 0.415. The number of piperidine rings is 2. The van der Waals surface area contributed by atoms with E-state index in [2.05, 4.69) is 49.0 Å². The van der Waals surface area contributed by atoms with Crippen LogP contribution in [0.3, 0.4) is 0 Å². The molecule has 276 valence electrons. The Morgan fingerprint density at radius 2 is 1.53 bits per heavy atom. The van der Waals surface area contributed by atoms with Crippen LogP contribution in [-0.2, 0) is 22.7 Å². The third-order valence-electron chi connectivity index (χ3n) is 11.5. The predicted molar refractivity (Wildman–Crippen MR) is 202 cm³/mol. The van der Waals surface area contributed by atoms with Gasteiger partial charge in [-0.05, 0) is 105 Å². The summed E-state index contributed by atoms with van der Waals surface area (Å²) in [4.78, 5) is 58.9. The van der Waals surface area contributed by atoms with Gasteiger partial charge in [0.25, 0.3) is 11.8 Å². The standard InChI is InChI=1S/C41H47N7O5/c42-14-1-15-47-26-35(29-3-6-31(49)7-4-29)33-22-28(2-9-36(33)47)25-44-16-12-27(13-17-44)24-45-18-20-46(21-19-45)30-5-8-32-34(23-30)41(53)48(40(32)52)37-10-11-38(50)43-39(37)51/h2-9,22-23,26-27,37,49H,1,10-21,24-25,42H2,(H,43,50,51). The zero-order chi connectivity index (χ0) is 36.6. The number of phenolic OH excluding ortho intramolecular Hbond substituents is 1. The summed E-state index contributed by atoms with van der Waals surface area (Å²) in [6.45, 7) is 9.20. The van der Waals surface area contributed by atoms with Gasteiger partial charge in [-0.25, -0.2) is 0 Å². The molecule has 4 aliphatic heterocycles. The van der Waals surface area contributed by atoms with Crippen molar-refractivity contribution >= 4 is 40.2 Å². The number of carbonyl (C=O) groups excluding carboxylic acids is 4. The smallest absolute Gasteiger partial charge is 0.262 e. The number of carbonyl (C=O) groups is 4. The second kappa shape index (κ2) is 14.8. The molecule has 3 saturated heterocycles. The van der Waals surface area contributed by atoms with E-state index in [0.29, 0.717) is 23.6 Å². The molecule has 53 heavy (non-hydrogen) atoms. The summed E-state index contributed by atoms with van der Waals surface area (Å²) < 4.78 is 2.30. The zero-order valence-electron chi connectivity index (χ0n) is 30.0. The Hall–Kier alpha value is -5.04. The molecule has 4 aromatic rings. The average molecular weight is 718 g/mol. The lowest BCUT2D eigenvalue weighted by Crippen LogP contribution is -2.54. The Balaban J connectivity index is 0.841. The zero-order valence-corrected chi connectivity index (χ0v) is 30.0. The number of rotatable bonds is 10. The SMILES string of the molecule is NCCCn1cc(-c2ccc(O)cc2)c2cc(CN3CCC(CN4CCN(c5ccc6c(c5)C(=O)N(C5CCC(=O)NC5=O)C6=O)CC4)CC3)ccc21. The summed E-state index contributed by atoms with van der Waals surface area (Å²) in [5, 5.41) is 13.3. The van der Waals surface area contributed by atoms with Gasteiger partial charge in [-0.3, -0.25) is 39.2 Å². The lowest BCUT2D eigenvalue weighted by atomic mass is 9.95. The van der Waals surface area contributed by atoms with Gasteiger partial charge in [0.05, 0.1) is 11.1 Å². The Bertz CT molecular complexity index is 2040. The summed E-state index contributed by atoms with van der Waals surface area (Å²) in [6, 6.07) is 18.7. The van der Waals surface area contributed by atoms with Gasteiger partial charge in [0.2, 0.25) is 11.8 Å². The normalized spacial score (nSPS) is 20.4. The lowest BCUT2D eigenvalue weighted by Gasteiger charge is -2.39. The van der Waals surface area contributed by atoms with E-state index in [-0.39, 0.29) is 24.5 Å². The Morgan fingerprint density at radius 3 is 2.26 bits per heavy atom. The van der Waals surface area contributed by atoms with Crippen LogP contribution in [0.2, 0.25) is 0 Å². The molecular weight excluding hydrogens is 670 g/mol. The molecule has 0 bridgehead atoms. The third-order valence-corrected chi connectivity index (χ3v) is 11.5. The van der Waals surface area contributed by atoms with E-state index < -0.39 is 23.8 Å². The first-order chi connectivity index (χ1) is 25.7. The molecule has 1 aromatic heterocycles. The molecule has 3 fully saturated rings. The average Bonchev–Trinajstić information content (AvgIpc) is 3.65. The van der Waals surface area contributed by atoms with E-state index in [1.54, 1.807) is 24.3 Å². The molecule has 0 aliphatic carbocycles. The molecule has 4 aliphatic rings. The van der Waals surface area contributed by atoms with Crippen LogP contribution in [0.1, 0.15) is 58.4 Å². The van der Waals surface area contributed by atoms with Crippen molar-refractivity contribution in [1.82, 2.24) is 24.6 Å². The van der Waals surface area contributed by atoms with Crippen molar-refractivity contribution in [2.75, 3.05) is 57.3 Å². The number of likely N-dealkylation sites (tertiary alicyclic amines) is 1. The molecule has 0 spiro atoms. The summed E-state index contributed by atoms with van der Waals surface area (Å²) in [6.07, 6.45) is 5.72. The number of nitrogens with zero attached hydrogens (tertiary/aromatic N) is 5. The molecule has 0 radical (unpaired) electrons. The van der Waals surface area contributed by atoms with Gasteiger partial charge >= 0.3 is 0 Å². The second-order valence-electron chi connectivity index (χ2n) is 15.0. The number of phenols is 1. The van der Waals surface area contributed by atoms with Crippen molar-refractivity contribution in [2.24, 2.45) is 11.7 Å². The largest absolute Gasteiger partial charge is 0.508 e. The van der Waals surface area contributed by atoms with Crippen molar-refractivity contribution in [3.8, 4) is 16.9 Å². The van der Waals surface area contributed by atoms with Gasteiger partial charge in [-0.15, -0.1) is 0 Å². The number of nitrogens with two attached hydrogens (primary N) is 1. The maximum atomic E-state index is 13.3. The number of aryl methyl sites for hydroxylation is 1. The van der Waals surface area contributed by atoms with Crippen LogP contribution in [0.5, 0.6) is 5.75 Å². The highest BCUT2D eigenvalue weighted by molar-refractivity contribution is 6.23. The first-order valence-corrected chi connectivity index (χ1v) is 18.9. The Morgan fingerprint density at radius 1 is 0.774 bits per heavy atom. The van der Waals surface area contributed by atoms with Crippen molar-refractivity contribution in [3.63, 3.8) is 0 Å². The highest BCUT2D eigenvalue weighted by atomic mass is 16.3. The summed E-state index contributed by atoms with van der Waals surface area (Å²) >= 11 is 0. The first-order valence-electron chi connectivity index (χ1n) is 18.9. The number of hydrogen-bond donors (Lipinski definition) is 3. The maximum absolute atomic E-state index is 13.3. The van der Waals surface area contributed by atoms with Crippen molar-refractivity contribution in [2.45, 2.75) is 51.2 Å². The Labute approximate surface area is 309 Å². The van der Waals surface area contributed by atoms with Gasteiger partial charge in [0.1, 0.15) is 11.8 Å². The van der Waals surface area contributed by atoms with E-state index in [0.717, 1.165) is 81.5 Å². The number of piperazine rings is 1. The first kappa shape index (κ1) is 35.0. The quantitative estimate of drug-likeness (QED) is 0.209. The van der Waals surface area contributed by atoms with Gasteiger partial charge in [0, 0.05) is 80.6 Å². The number of aromatic nitrogens is 1. The molecule has 12 nitrogen and oxygen atoms in total. The summed E-state index contributed by atoms with van der Waals surface area (Å²) in [7, 11) is 0. The third kappa shape index (κ3) is 7.06. The number of aromatic hydroxyl groups is 1. The van der Waals surface area contributed by atoms with Crippen LogP contribution >= 0.6 is 0 Å². The fourth-order valence-electron chi connectivity index (χ4n) is 8.56. The molecule has 3 aromatic carbocycles. The van der Waals surface area contributed by atoms with Gasteiger partial charge in [-0.2, -0.15) is 0 Å². The number of imide groups is 2. The maximum Gasteiger partial charge on any atom is 0.262 e. The molecule has 4 amide bonds. The molecule has 5 heterocycles. The molecular formula is C41H47N7O5. The predicted octanol–water partition coefficient (Wildman–Crippen LogP) is 3.80. The van der Waals surface area contributed by atoms with Crippen LogP contribution in [-0.4, -0.2) is 106 Å². The van der Waals surface area contributed by atoms with Crippen LogP contribution < -0.4 is 16.0 Å². The van der Waals surface area contributed by atoms with Gasteiger partial charge in [-0.1, -0.05) is 18.2 Å². The molecule has 12 heteroatoms. The molecule has 8 rings (SSSR count). The van der Waals surface area contributed by atoms with E-state index in [9.17, 15) is 24.3 Å². The number of benzene rings is 3. The van der Waals surface area contributed by atoms with Gasteiger partial charge < -0.3 is 20.3 Å². The topological polar surface area (TPSA) is 144 Å². The fourth-order valence-corrected chi connectivity index (χ4v) is 8.56. The number of amides is 4. The van der Waals surface area contributed by atoms with Crippen molar-refractivity contribution in [1.29, 1.82) is 0 Å².